The summed E-state index contributed by atoms with van der Waals surface area (Å²) in [6.45, 7) is 8.44. The molecule has 0 aliphatic rings. The van der Waals surface area contributed by atoms with E-state index < -0.39 is 0 Å². The van der Waals surface area contributed by atoms with E-state index >= 15 is 0 Å². The largest absolute Gasteiger partial charge is 3.00 e. The molecule has 16 heavy (non-hydrogen) atoms. The molecule has 1 rings (SSSR count). The third-order valence-corrected chi connectivity index (χ3v) is 2.41. The normalized spacial score (nSPS) is 9.69. The van der Waals surface area contributed by atoms with Gasteiger partial charge in [-0.15, -0.1) is 0 Å². The molecular formula is C13H19O2Y+2. The molecule has 0 unspecified atom stereocenters. The first kappa shape index (κ1) is 15.9. The van der Waals surface area contributed by atoms with E-state index in [0.717, 1.165) is 24.0 Å². The molecule has 1 aromatic carbocycles. The Bertz CT molecular complexity index is 324. The maximum atomic E-state index is 10.0. The summed E-state index contributed by atoms with van der Waals surface area (Å²) in [5, 5.41) is 10.0. The van der Waals surface area contributed by atoms with Gasteiger partial charge >= 0.3 is 32.7 Å². The Labute approximate surface area is 123 Å². The van der Waals surface area contributed by atoms with Gasteiger partial charge in [0.25, 0.3) is 0 Å². The van der Waals surface area contributed by atoms with Gasteiger partial charge < -0.3 is 16.8 Å². The monoisotopic (exact) mass is 296 g/mol. The van der Waals surface area contributed by atoms with Gasteiger partial charge in [0, 0.05) is 0 Å². The fourth-order valence-corrected chi connectivity index (χ4v) is 1.69. The zero-order valence-electron chi connectivity index (χ0n) is 10.1. The third kappa shape index (κ3) is 3.74. The van der Waals surface area contributed by atoms with Crippen LogP contribution in [0.4, 0.5) is 0 Å². The predicted molar refractivity (Wildman–Crippen MR) is 62.3 cm³/mol. The number of phenolic OH excluding ortho intramolecular Hbond substituents is 1. The van der Waals surface area contributed by atoms with Gasteiger partial charge in [-0.25, -0.2) is 0 Å². The number of hydrogen-bond donors (Lipinski definition) is 1. The molecule has 0 spiro atoms. The summed E-state index contributed by atoms with van der Waals surface area (Å²) in [5.41, 5.74) is 2.09. The molecule has 0 heterocycles. The van der Waals surface area contributed by atoms with Crippen molar-refractivity contribution in [1.29, 1.82) is 0 Å². The molecule has 0 aliphatic heterocycles. The number of phenols is 1. The van der Waals surface area contributed by atoms with Gasteiger partial charge in [0.05, 0.1) is 6.61 Å². The first-order valence-electron chi connectivity index (χ1n) is 5.50. The van der Waals surface area contributed by atoms with Gasteiger partial charge in [0.2, 0.25) is 0 Å². The molecule has 1 aromatic rings. The van der Waals surface area contributed by atoms with E-state index in [9.17, 15) is 5.11 Å². The zero-order valence-corrected chi connectivity index (χ0v) is 13.0. The Hall–Kier alpha value is -0.0761. The van der Waals surface area contributed by atoms with E-state index in [-0.39, 0.29) is 32.7 Å². The van der Waals surface area contributed by atoms with Crippen molar-refractivity contribution in [3.63, 3.8) is 0 Å². The Morgan fingerprint density at radius 3 is 2.50 bits per heavy atom. The van der Waals surface area contributed by atoms with E-state index in [4.69, 9.17) is 4.74 Å². The summed E-state index contributed by atoms with van der Waals surface area (Å²) in [6.07, 6.45) is 2.59. The van der Waals surface area contributed by atoms with Crippen LogP contribution in [-0.2, 0) is 45.6 Å². The molecule has 1 N–H and O–H groups in total. The van der Waals surface area contributed by atoms with Crippen LogP contribution in [0.1, 0.15) is 31.4 Å². The van der Waals surface area contributed by atoms with Crippen LogP contribution < -0.4 is 4.74 Å². The van der Waals surface area contributed by atoms with E-state index in [1.165, 1.54) is 0 Å². The number of ether oxygens (including phenoxy) is 1. The van der Waals surface area contributed by atoms with Crippen molar-refractivity contribution in [3.8, 4) is 11.5 Å². The van der Waals surface area contributed by atoms with Crippen molar-refractivity contribution in [3.05, 3.63) is 30.2 Å². The molecule has 0 fully saturated rings. The maximum Gasteiger partial charge on any atom is 3.00 e. The van der Waals surface area contributed by atoms with Crippen LogP contribution >= 0.6 is 0 Å². The second-order valence-electron chi connectivity index (χ2n) is 3.48. The van der Waals surface area contributed by atoms with Gasteiger partial charge in [-0.2, -0.15) is 6.42 Å². The van der Waals surface area contributed by atoms with E-state index in [2.05, 4.69) is 13.8 Å². The summed E-state index contributed by atoms with van der Waals surface area (Å²) in [4.78, 5) is 0. The van der Waals surface area contributed by atoms with Gasteiger partial charge in [0.15, 0.2) is 11.5 Å². The smallest absolute Gasteiger partial charge is 0.504 e. The van der Waals surface area contributed by atoms with Gasteiger partial charge in [0.1, 0.15) is 0 Å². The quantitative estimate of drug-likeness (QED) is 0.846. The van der Waals surface area contributed by atoms with Crippen LogP contribution in [0.2, 0.25) is 0 Å². The molecule has 0 atom stereocenters. The summed E-state index contributed by atoms with van der Waals surface area (Å²) < 4.78 is 5.35. The fraction of sp³-hybridized carbons (Fsp3) is 0.462. The molecule has 3 heteroatoms. The molecule has 0 amide bonds. The van der Waals surface area contributed by atoms with Crippen molar-refractivity contribution in [2.75, 3.05) is 6.61 Å². The fourth-order valence-electron chi connectivity index (χ4n) is 1.69. The predicted octanol–water partition coefficient (Wildman–Crippen LogP) is 3.12. The number of benzene rings is 1. The van der Waals surface area contributed by atoms with Crippen molar-refractivity contribution in [2.24, 2.45) is 0 Å². The Kier molecular flexibility index (Phi) is 8.04. The van der Waals surface area contributed by atoms with Crippen LogP contribution in [0.3, 0.4) is 0 Å². The zero-order chi connectivity index (χ0) is 11.3. The third-order valence-electron chi connectivity index (χ3n) is 2.41. The first-order valence-corrected chi connectivity index (χ1v) is 5.50. The molecular weight excluding hydrogens is 277 g/mol. The number of hydrogen-bond acceptors (Lipinski definition) is 2. The van der Waals surface area contributed by atoms with E-state index in [1.807, 2.05) is 19.1 Å². The molecule has 0 aliphatic carbocycles. The minimum absolute atomic E-state index is 0. The van der Waals surface area contributed by atoms with Crippen LogP contribution in [0.15, 0.2) is 12.1 Å². The second-order valence-corrected chi connectivity index (χ2v) is 3.48. The number of rotatable bonds is 5. The Balaban J connectivity index is 0.00000225. The van der Waals surface area contributed by atoms with Gasteiger partial charge in [-0.05, 0) is 25.0 Å². The van der Waals surface area contributed by atoms with Crippen LogP contribution in [0.25, 0.3) is 0 Å². The van der Waals surface area contributed by atoms with Gasteiger partial charge in [-0.3, -0.25) is 0 Å². The van der Waals surface area contributed by atoms with E-state index in [0.29, 0.717) is 24.5 Å². The number of aromatic hydroxyl groups is 1. The van der Waals surface area contributed by atoms with Crippen LogP contribution in [0.5, 0.6) is 11.5 Å². The standard InChI is InChI=1S/C13H19O2.Y/c1-4-7-11-10(5-2)8-9-12(13(11)14)15-6-3;/h8-9,14H,2,4-7H2,1,3H3;/q-1;+3. The average Bonchev–Trinajstić information content (AvgIpc) is 2.25. The SMILES string of the molecule is [CH2-]Cc1ccc(OCC)c(O)c1CCC.[Y+3]. The molecule has 0 saturated heterocycles. The van der Waals surface area contributed by atoms with Crippen LogP contribution in [0, 0.1) is 6.92 Å². The topological polar surface area (TPSA) is 29.5 Å². The molecule has 0 bridgehead atoms. The summed E-state index contributed by atoms with van der Waals surface area (Å²) >= 11 is 0. The Morgan fingerprint density at radius 2 is 2.00 bits per heavy atom. The summed E-state index contributed by atoms with van der Waals surface area (Å²) in [5.74, 6) is 0.873. The molecule has 0 aromatic heterocycles. The van der Waals surface area contributed by atoms with Crippen molar-refractivity contribution in [1.82, 2.24) is 0 Å². The van der Waals surface area contributed by atoms with Crippen molar-refractivity contribution < 1.29 is 42.6 Å². The second kappa shape index (κ2) is 8.08. The van der Waals surface area contributed by atoms with Crippen molar-refractivity contribution >= 4 is 0 Å². The molecule has 0 saturated carbocycles. The minimum atomic E-state index is 0. The molecule has 2 nitrogen and oxygen atoms in total. The van der Waals surface area contributed by atoms with Crippen molar-refractivity contribution in [2.45, 2.75) is 33.1 Å². The van der Waals surface area contributed by atoms with E-state index in [1.54, 1.807) is 0 Å². The Morgan fingerprint density at radius 1 is 1.31 bits per heavy atom. The summed E-state index contributed by atoms with van der Waals surface area (Å²) in [7, 11) is 0. The average molecular weight is 296 g/mol. The first-order chi connectivity index (χ1) is 7.24. The summed E-state index contributed by atoms with van der Waals surface area (Å²) in [6, 6.07) is 3.81. The molecule has 84 valence electrons. The van der Waals surface area contributed by atoms with Crippen LogP contribution in [-0.4, -0.2) is 11.7 Å². The maximum absolute atomic E-state index is 10.0. The molecule has 0 radical (unpaired) electrons. The minimum Gasteiger partial charge on any atom is -0.504 e. The van der Waals surface area contributed by atoms with Gasteiger partial charge in [-0.1, -0.05) is 25.0 Å².